The molecule has 1 saturated carbocycles. The van der Waals surface area contributed by atoms with Gasteiger partial charge in [-0.25, -0.2) is 0 Å². The SMILES string of the molecule is CCOC(=O)CCC(=O)CC1CCOC2(CCCC2)C1. The molecular formula is C16H26O4. The Labute approximate surface area is 121 Å². The molecule has 2 aliphatic rings. The third-order valence-corrected chi connectivity index (χ3v) is 4.54. The van der Waals surface area contributed by atoms with Gasteiger partial charge in [-0.05, 0) is 38.5 Å². The maximum atomic E-state index is 12.0. The van der Waals surface area contributed by atoms with Gasteiger partial charge in [-0.1, -0.05) is 12.8 Å². The lowest BCUT2D eigenvalue weighted by atomic mass is 9.82. The molecule has 0 aromatic heterocycles. The molecule has 0 aromatic carbocycles. The molecule has 1 unspecified atom stereocenters. The summed E-state index contributed by atoms with van der Waals surface area (Å²) in [4.78, 5) is 23.2. The molecule has 2 rings (SSSR count). The summed E-state index contributed by atoms with van der Waals surface area (Å²) < 4.78 is 10.8. The molecule has 0 amide bonds. The zero-order chi connectivity index (χ0) is 14.4. The molecular weight excluding hydrogens is 256 g/mol. The van der Waals surface area contributed by atoms with E-state index in [1.807, 2.05) is 0 Å². The Morgan fingerprint density at radius 1 is 1.25 bits per heavy atom. The first-order valence-electron chi connectivity index (χ1n) is 7.95. The van der Waals surface area contributed by atoms with E-state index in [1.165, 1.54) is 12.8 Å². The van der Waals surface area contributed by atoms with E-state index in [9.17, 15) is 9.59 Å². The van der Waals surface area contributed by atoms with E-state index >= 15 is 0 Å². The van der Waals surface area contributed by atoms with Crippen LogP contribution in [0.4, 0.5) is 0 Å². The molecule has 1 aliphatic heterocycles. The standard InChI is InChI=1S/C16H26O4/c1-2-19-15(18)6-5-14(17)11-13-7-10-20-16(12-13)8-3-4-9-16/h13H,2-12H2,1H3. The lowest BCUT2D eigenvalue weighted by Gasteiger charge is -2.38. The minimum atomic E-state index is -0.264. The van der Waals surface area contributed by atoms with Crippen molar-refractivity contribution in [3.8, 4) is 0 Å². The second kappa shape index (κ2) is 7.21. The van der Waals surface area contributed by atoms with Crippen molar-refractivity contribution in [2.45, 2.75) is 70.3 Å². The number of ether oxygens (including phenoxy) is 2. The van der Waals surface area contributed by atoms with Gasteiger partial charge in [0.1, 0.15) is 5.78 Å². The van der Waals surface area contributed by atoms with Crippen LogP contribution in [0.1, 0.15) is 64.7 Å². The number of carbonyl (C=O) groups excluding carboxylic acids is 2. The number of rotatable bonds is 6. The Morgan fingerprint density at radius 3 is 2.70 bits per heavy atom. The fourth-order valence-electron chi connectivity index (χ4n) is 3.57. The van der Waals surface area contributed by atoms with Crippen LogP contribution in [0.15, 0.2) is 0 Å². The first-order chi connectivity index (χ1) is 9.63. The van der Waals surface area contributed by atoms with Crippen LogP contribution in [0.5, 0.6) is 0 Å². The van der Waals surface area contributed by atoms with Crippen molar-refractivity contribution < 1.29 is 19.1 Å². The molecule has 4 heteroatoms. The molecule has 20 heavy (non-hydrogen) atoms. The van der Waals surface area contributed by atoms with E-state index in [0.717, 1.165) is 32.3 Å². The summed E-state index contributed by atoms with van der Waals surface area (Å²) in [5.41, 5.74) is 0.0737. The van der Waals surface area contributed by atoms with Crippen LogP contribution in [0, 0.1) is 5.92 Å². The molecule has 4 nitrogen and oxygen atoms in total. The molecule has 1 spiro atoms. The highest BCUT2D eigenvalue weighted by Gasteiger charge is 2.40. The van der Waals surface area contributed by atoms with Crippen LogP contribution >= 0.6 is 0 Å². The third kappa shape index (κ3) is 4.30. The third-order valence-electron chi connectivity index (χ3n) is 4.54. The van der Waals surface area contributed by atoms with Crippen LogP contribution in [0.2, 0.25) is 0 Å². The fraction of sp³-hybridized carbons (Fsp3) is 0.875. The van der Waals surface area contributed by atoms with Crippen molar-refractivity contribution in [3.63, 3.8) is 0 Å². The molecule has 0 radical (unpaired) electrons. The van der Waals surface area contributed by atoms with Crippen LogP contribution in [0.3, 0.4) is 0 Å². The van der Waals surface area contributed by atoms with Crippen molar-refractivity contribution in [2.75, 3.05) is 13.2 Å². The van der Waals surface area contributed by atoms with Gasteiger partial charge < -0.3 is 9.47 Å². The average Bonchev–Trinajstić information content (AvgIpc) is 2.85. The number of hydrogen-bond donors (Lipinski definition) is 0. The summed E-state index contributed by atoms with van der Waals surface area (Å²) >= 11 is 0. The normalized spacial score (nSPS) is 24.8. The Kier molecular flexibility index (Phi) is 5.58. The molecule has 1 saturated heterocycles. The van der Waals surface area contributed by atoms with Gasteiger partial charge in [-0.15, -0.1) is 0 Å². The highest BCUT2D eigenvalue weighted by molar-refractivity contribution is 5.83. The highest BCUT2D eigenvalue weighted by Crippen LogP contribution is 2.42. The quantitative estimate of drug-likeness (QED) is 0.703. The fourth-order valence-corrected chi connectivity index (χ4v) is 3.57. The number of esters is 1. The Bertz CT molecular complexity index is 344. The minimum absolute atomic E-state index is 0.0737. The molecule has 2 fully saturated rings. The predicted molar refractivity (Wildman–Crippen MR) is 75.4 cm³/mol. The Morgan fingerprint density at radius 2 is 2.00 bits per heavy atom. The first kappa shape index (κ1) is 15.5. The summed E-state index contributed by atoms with van der Waals surface area (Å²) in [7, 11) is 0. The molecule has 114 valence electrons. The summed E-state index contributed by atoms with van der Waals surface area (Å²) in [6.07, 6.45) is 7.97. The van der Waals surface area contributed by atoms with Crippen molar-refractivity contribution in [1.29, 1.82) is 0 Å². The van der Waals surface area contributed by atoms with Crippen LogP contribution in [0.25, 0.3) is 0 Å². The number of hydrogen-bond acceptors (Lipinski definition) is 4. The van der Waals surface area contributed by atoms with Gasteiger partial charge in [0.15, 0.2) is 0 Å². The summed E-state index contributed by atoms with van der Waals surface area (Å²) in [5.74, 6) is 0.370. The number of Topliss-reactive ketones (excluding diaryl/α,β-unsaturated/α-hetero) is 1. The van der Waals surface area contributed by atoms with Gasteiger partial charge in [0.25, 0.3) is 0 Å². The molecule has 1 aliphatic carbocycles. The first-order valence-corrected chi connectivity index (χ1v) is 7.95. The van der Waals surface area contributed by atoms with E-state index in [2.05, 4.69) is 0 Å². The second-order valence-electron chi connectivity index (χ2n) is 6.15. The number of carbonyl (C=O) groups is 2. The largest absolute Gasteiger partial charge is 0.466 e. The van der Waals surface area contributed by atoms with Gasteiger partial charge in [0.05, 0.1) is 18.6 Å². The van der Waals surface area contributed by atoms with Crippen molar-refractivity contribution >= 4 is 11.8 Å². The molecule has 0 aromatic rings. The molecule has 0 bridgehead atoms. The molecule has 0 N–H and O–H groups in total. The zero-order valence-electron chi connectivity index (χ0n) is 12.5. The van der Waals surface area contributed by atoms with Gasteiger partial charge in [-0.3, -0.25) is 9.59 Å². The zero-order valence-corrected chi connectivity index (χ0v) is 12.5. The number of ketones is 1. The van der Waals surface area contributed by atoms with Crippen LogP contribution < -0.4 is 0 Å². The van der Waals surface area contributed by atoms with E-state index in [0.29, 0.717) is 25.4 Å². The Balaban J connectivity index is 1.72. The van der Waals surface area contributed by atoms with Crippen molar-refractivity contribution in [1.82, 2.24) is 0 Å². The highest BCUT2D eigenvalue weighted by atomic mass is 16.5. The topological polar surface area (TPSA) is 52.6 Å². The predicted octanol–water partition coefficient (Wildman–Crippen LogP) is 3.03. The van der Waals surface area contributed by atoms with E-state index in [1.54, 1.807) is 6.92 Å². The van der Waals surface area contributed by atoms with Gasteiger partial charge in [-0.2, -0.15) is 0 Å². The smallest absolute Gasteiger partial charge is 0.306 e. The van der Waals surface area contributed by atoms with Gasteiger partial charge >= 0.3 is 5.97 Å². The van der Waals surface area contributed by atoms with Crippen molar-refractivity contribution in [2.24, 2.45) is 5.92 Å². The van der Waals surface area contributed by atoms with Crippen molar-refractivity contribution in [3.05, 3.63) is 0 Å². The molecule has 1 atom stereocenters. The van der Waals surface area contributed by atoms with E-state index in [4.69, 9.17) is 9.47 Å². The van der Waals surface area contributed by atoms with Crippen LogP contribution in [-0.2, 0) is 19.1 Å². The average molecular weight is 282 g/mol. The maximum Gasteiger partial charge on any atom is 0.306 e. The van der Waals surface area contributed by atoms with Gasteiger partial charge in [0, 0.05) is 19.4 Å². The Hall–Kier alpha value is -0.900. The second-order valence-corrected chi connectivity index (χ2v) is 6.15. The summed E-state index contributed by atoms with van der Waals surface area (Å²) in [6, 6.07) is 0. The lowest BCUT2D eigenvalue weighted by Crippen LogP contribution is -2.37. The monoisotopic (exact) mass is 282 g/mol. The summed E-state index contributed by atoms with van der Waals surface area (Å²) in [5, 5.41) is 0. The summed E-state index contributed by atoms with van der Waals surface area (Å²) in [6.45, 7) is 2.95. The minimum Gasteiger partial charge on any atom is -0.466 e. The van der Waals surface area contributed by atoms with Crippen LogP contribution in [-0.4, -0.2) is 30.6 Å². The molecule has 1 heterocycles. The van der Waals surface area contributed by atoms with E-state index < -0.39 is 0 Å². The lowest BCUT2D eigenvalue weighted by molar-refractivity contribution is -0.144. The van der Waals surface area contributed by atoms with Gasteiger partial charge in [0.2, 0.25) is 0 Å². The maximum absolute atomic E-state index is 12.0. The van der Waals surface area contributed by atoms with E-state index in [-0.39, 0.29) is 23.8 Å².